The van der Waals surface area contributed by atoms with Crippen LogP contribution in [0, 0.1) is 23.2 Å². The lowest BCUT2D eigenvalue weighted by atomic mass is 9.56. The van der Waals surface area contributed by atoms with Crippen molar-refractivity contribution < 1.29 is 19.1 Å². The van der Waals surface area contributed by atoms with Gasteiger partial charge in [-0.3, -0.25) is 0 Å². The third kappa shape index (κ3) is 2.68. The molecule has 5 atom stereocenters. The van der Waals surface area contributed by atoms with Crippen molar-refractivity contribution in [3.63, 3.8) is 0 Å². The van der Waals surface area contributed by atoms with E-state index in [4.69, 9.17) is 9.47 Å². The minimum Gasteiger partial charge on any atom is -0.426 e. The highest BCUT2D eigenvalue weighted by atomic mass is 16.8. The van der Waals surface area contributed by atoms with Crippen LogP contribution in [-0.2, 0) is 14.3 Å². The Balaban J connectivity index is 1.98. The molecular formula is C20H30O4. The van der Waals surface area contributed by atoms with Crippen molar-refractivity contribution in [1.29, 1.82) is 0 Å². The Kier molecular flexibility index (Phi) is 4.52. The average Bonchev–Trinajstić information content (AvgIpc) is 2.82. The van der Waals surface area contributed by atoms with Gasteiger partial charge >= 0.3 is 6.16 Å². The van der Waals surface area contributed by atoms with Crippen LogP contribution in [0.25, 0.3) is 0 Å². The first kappa shape index (κ1) is 17.5. The molecule has 3 fully saturated rings. The number of cyclic esters (lactones) is 1. The molecule has 0 radical (unpaired) electrons. The maximum Gasteiger partial charge on any atom is 0.509 e. The summed E-state index contributed by atoms with van der Waals surface area (Å²) in [6.45, 7) is 10.7. The summed E-state index contributed by atoms with van der Waals surface area (Å²) in [7, 11) is 0. The van der Waals surface area contributed by atoms with E-state index in [0.29, 0.717) is 12.3 Å². The number of ether oxygens (including phenoxy) is 2. The second-order valence-electron chi connectivity index (χ2n) is 8.74. The quantitative estimate of drug-likeness (QED) is 0.427. The van der Waals surface area contributed by atoms with Crippen molar-refractivity contribution in [3.05, 3.63) is 12.2 Å². The van der Waals surface area contributed by atoms with Crippen LogP contribution in [-0.4, -0.2) is 24.1 Å². The van der Waals surface area contributed by atoms with E-state index < -0.39 is 11.8 Å². The van der Waals surface area contributed by atoms with E-state index in [1.807, 2.05) is 0 Å². The molecule has 1 spiro atoms. The summed E-state index contributed by atoms with van der Waals surface area (Å²) >= 11 is 0. The number of allylic oxidation sites excluding steroid dienone is 1. The van der Waals surface area contributed by atoms with Crippen molar-refractivity contribution in [2.45, 2.75) is 77.4 Å². The van der Waals surface area contributed by atoms with Crippen molar-refractivity contribution in [3.8, 4) is 0 Å². The van der Waals surface area contributed by atoms with Crippen LogP contribution >= 0.6 is 0 Å². The van der Waals surface area contributed by atoms with Gasteiger partial charge in [-0.25, -0.2) is 4.79 Å². The first-order valence-electron chi connectivity index (χ1n) is 9.30. The van der Waals surface area contributed by atoms with Gasteiger partial charge in [-0.2, -0.15) is 0 Å². The van der Waals surface area contributed by atoms with Crippen LogP contribution in [0.1, 0.15) is 65.7 Å². The first-order valence-corrected chi connectivity index (χ1v) is 9.30. The summed E-state index contributed by atoms with van der Waals surface area (Å²) in [6, 6.07) is 0. The van der Waals surface area contributed by atoms with Gasteiger partial charge in [0.1, 0.15) is 12.4 Å². The summed E-state index contributed by atoms with van der Waals surface area (Å²) in [5.41, 5.74) is 0.415. The molecule has 0 bridgehead atoms. The highest BCUT2D eigenvalue weighted by Gasteiger charge is 2.64. The van der Waals surface area contributed by atoms with Gasteiger partial charge < -0.3 is 14.3 Å². The Bertz CT molecular complexity index is 538. The van der Waals surface area contributed by atoms with Gasteiger partial charge in [0.25, 0.3) is 0 Å². The minimum atomic E-state index is -0.595. The number of aldehydes is 1. The van der Waals surface area contributed by atoms with Crippen LogP contribution in [0.15, 0.2) is 12.2 Å². The van der Waals surface area contributed by atoms with E-state index in [1.54, 1.807) is 0 Å². The van der Waals surface area contributed by atoms with E-state index in [2.05, 4.69) is 27.4 Å². The third-order valence-corrected chi connectivity index (χ3v) is 6.82. The van der Waals surface area contributed by atoms with Crippen molar-refractivity contribution in [2.24, 2.45) is 23.2 Å². The maximum atomic E-state index is 12.2. The molecule has 1 heterocycles. The molecule has 0 unspecified atom stereocenters. The second-order valence-corrected chi connectivity index (χ2v) is 8.74. The van der Waals surface area contributed by atoms with Crippen LogP contribution in [0.4, 0.5) is 4.79 Å². The molecule has 134 valence electrons. The summed E-state index contributed by atoms with van der Waals surface area (Å²) < 4.78 is 11.7. The standard InChI is InChI=1S/C20H30O4/c1-13-8-10-20(19(3,4)12-13)17(23-18(22)24-20)16-14(2)6-5-7-15(16)9-11-21/h11,14-17H,1,5-10,12H2,2-4H3/t14-,15+,16-,17+,20-/m1/s1. The van der Waals surface area contributed by atoms with Gasteiger partial charge in [0, 0.05) is 17.8 Å². The normalized spacial score (nSPS) is 41.8. The van der Waals surface area contributed by atoms with Crippen molar-refractivity contribution in [2.75, 3.05) is 0 Å². The van der Waals surface area contributed by atoms with Gasteiger partial charge in [-0.15, -0.1) is 0 Å². The van der Waals surface area contributed by atoms with E-state index >= 15 is 0 Å². The third-order valence-electron chi connectivity index (χ3n) is 6.82. The lowest BCUT2D eigenvalue weighted by molar-refractivity contribution is -0.127. The molecule has 1 saturated heterocycles. The van der Waals surface area contributed by atoms with E-state index in [9.17, 15) is 9.59 Å². The molecule has 0 aromatic rings. The van der Waals surface area contributed by atoms with Crippen molar-refractivity contribution in [1.82, 2.24) is 0 Å². The zero-order valence-electron chi connectivity index (χ0n) is 15.2. The Morgan fingerprint density at radius 1 is 1.33 bits per heavy atom. The molecule has 3 aliphatic rings. The molecule has 0 aromatic heterocycles. The highest BCUT2D eigenvalue weighted by Crippen LogP contribution is 2.57. The molecule has 0 aromatic carbocycles. The zero-order valence-corrected chi connectivity index (χ0v) is 15.2. The Morgan fingerprint density at radius 2 is 2.08 bits per heavy atom. The zero-order chi connectivity index (χ0) is 17.5. The summed E-state index contributed by atoms with van der Waals surface area (Å²) in [5.74, 6) is 0.908. The predicted molar refractivity (Wildman–Crippen MR) is 91.5 cm³/mol. The number of hydrogen-bond donors (Lipinski definition) is 0. The topological polar surface area (TPSA) is 52.6 Å². The Morgan fingerprint density at radius 3 is 2.75 bits per heavy atom. The van der Waals surface area contributed by atoms with Gasteiger partial charge in [0.15, 0.2) is 5.60 Å². The molecule has 4 nitrogen and oxygen atoms in total. The maximum absolute atomic E-state index is 12.2. The molecule has 0 N–H and O–H groups in total. The fourth-order valence-corrected chi connectivity index (χ4v) is 5.60. The fraction of sp³-hybridized carbons (Fsp3) is 0.800. The molecule has 2 saturated carbocycles. The van der Waals surface area contributed by atoms with E-state index in [-0.39, 0.29) is 23.4 Å². The predicted octanol–water partition coefficient (Wildman–Crippen LogP) is 4.67. The van der Waals surface area contributed by atoms with Gasteiger partial charge in [0.2, 0.25) is 0 Å². The van der Waals surface area contributed by atoms with E-state index in [0.717, 1.165) is 44.8 Å². The van der Waals surface area contributed by atoms with Gasteiger partial charge in [0.05, 0.1) is 0 Å². The number of carbonyl (C=O) groups excluding carboxylic acids is 2. The molecule has 24 heavy (non-hydrogen) atoms. The summed E-state index contributed by atoms with van der Waals surface area (Å²) in [6.07, 6.45) is 6.56. The lowest BCUT2D eigenvalue weighted by Gasteiger charge is -2.52. The SMILES string of the molecule is C=C1CC[C@]2(OC(=O)O[C@H]2[C@H]2[C@H](CC=O)CCC[C@H]2C)C(C)(C)C1. The molecule has 4 heteroatoms. The number of rotatable bonds is 3. The van der Waals surface area contributed by atoms with Crippen LogP contribution in [0.5, 0.6) is 0 Å². The second kappa shape index (κ2) is 6.20. The molecule has 2 aliphatic carbocycles. The molecule has 0 amide bonds. The number of carbonyl (C=O) groups is 2. The van der Waals surface area contributed by atoms with Crippen LogP contribution < -0.4 is 0 Å². The lowest BCUT2D eigenvalue weighted by Crippen LogP contribution is -2.59. The highest BCUT2D eigenvalue weighted by molar-refractivity contribution is 5.64. The molecule has 3 rings (SSSR count). The minimum absolute atomic E-state index is 0.195. The molecular weight excluding hydrogens is 304 g/mol. The monoisotopic (exact) mass is 334 g/mol. The molecule has 1 aliphatic heterocycles. The number of hydrogen-bond acceptors (Lipinski definition) is 4. The average molecular weight is 334 g/mol. The fourth-order valence-electron chi connectivity index (χ4n) is 5.60. The largest absolute Gasteiger partial charge is 0.509 e. The Hall–Kier alpha value is -1.32. The van der Waals surface area contributed by atoms with Gasteiger partial charge in [-0.05, 0) is 37.5 Å². The van der Waals surface area contributed by atoms with Crippen molar-refractivity contribution >= 4 is 12.4 Å². The van der Waals surface area contributed by atoms with E-state index in [1.165, 1.54) is 5.57 Å². The van der Waals surface area contributed by atoms with Crippen LogP contribution in [0.3, 0.4) is 0 Å². The Labute approximate surface area is 145 Å². The first-order chi connectivity index (χ1) is 11.3. The van der Waals surface area contributed by atoms with Gasteiger partial charge in [-0.1, -0.05) is 45.8 Å². The van der Waals surface area contributed by atoms with Crippen LogP contribution in [0.2, 0.25) is 0 Å². The summed E-state index contributed by atoms with van der Waals surface area (Å²) in [5, 5.41) is 0. The summed E-state index contributed by atoms with van der Waals surface area (Å²) in [4.78, 5) is 23.4. The smallest absolute Gasteiger partial charge is 0.426 e.